The van der Waals surface area contributed by atoms with Crippen LogP contribution in [0.4, 0.5) is 0 Å². The Hall–Kier alpha value is -0.680. The van der Waals surface area contributed by atoms with Gasteiger partial charge in [0.25, 0.3) is 0 Å². The zero-order valence-corrected chi connectivity index (χ0v) is 12.8. The van der Waals surface area contributed by atoms with Crippen molar-refractivity contribution in [3.63, 3.8) is 0 Å². The summed E-state index contributed by atoms with van der Waals surface area (Å²) < 4.78 is 0. The van der Waals surface area contributed by atoms with E-state index < -0.39 is 34.2 Å². The SMILES string of the molecule is CC1(C)C(CN=O)C(CO)C(CON(O)O)C(C)(C)N1O. The number of hydrogen-bond donors (Lipinski definition) is 4. The van der Waals surface area contributed by atoms with Crippen LogP contribution in [-0.4, -0.2) is 62.0 Å². The second-order valence-corrected chi connectivity index (χ2v) is 6.54. The first-order chi connectivity index (χ1) is 9.60. The summed E-state index contributed by atoms with van der Waals surface area (Å²) >= 11 is 0. The van der Waals surface area contributed by atoms with Gasteiger partial charge in [0.1, 0.15) is 0 Å². The maximum absolute atomic E-state index is 10.7. The average molecular weight is 307 g/mol. The van der Waals surface area contributed by atoms with Gasteiger partial charge in [0.05, 0.1) is 18.5 Å². The first kappa shape index (κ1) is 18.4. The molecule has 1 aliphatic heterocycles. The molecule has 0 radical (unpaired) electrons. The van der Waals surface area contributed by atoms with Crippen LogP contribution in [0.25, 0.3) is 0 Å². The molecule has 4 N–H and O–H groups in total. The van der Waals surface area contributed by atoms with Crippen molar-refractivity contribution in [1.82, 2.24) is 10.5 Å². The Balaban J connectivity index is 3.16. The van der Waals surface area contributed by atoms with Crippen molar-refractivity contribution in [2.24, 2.45) is 22.9 Å². The Morgan fingerprint density at radius 1 is 1.19 bits per heavy atom. The molecular formula is C12H25N3O6. The van der Waals surface area contributed by atoms with E-state index in [2.05, 4.69) is 10.0 Å². The number of nitroso groups, excluding NO2 is 1. The van der Waals surface area contributed by atoms with Gasteiger partial charge in [-0.1, -0.05) is 5.18 Å². The summed E-state index contributed by atoms with van der Waals surface area (Å²) in [5.41, 5.74) is -1.59. The van der Waals surface area contributed by atoms with Gasteiger partial charge in [-0.2, -0.15) is 9.97 Å². The van der Waals surface area contributed by atoms with E-state index in [4.69, 9.17) is 10.4 Å². The maximum Gasteiger partial charge on any atom is 0.0861 e. The molecule has 1 heterocycles. The molecule has 1 fully saturated rings. The van der Waals surface area contributed by atoms with E-state index in [-0.39, 0.29) is 19.8 Å². The van der Waals surface area contributed by atoms with Crippen molar-refractivity contribution in [1.29, 1.82) is 0 Å². The molecule has 124 valence electrons. The lowest BCUT2D eigenvalue weighted by atomic mass is 9.62. The fourth-order valence-corrected chi connectivity index (χ4v) is 3.55. The van der Waals surface area contributed by atoms with Crippen LogP contribution in [-0.2, 0) is 4.84 Å². The molecule has 1 rings (SSSR count). The molecule has 0 aliphatic carbocycles. The minimum absolute atomic E-state index is 0.0656. The molecule has 0 saturated carbocycles. The normalized spacial score (nSPS) is 32.3. The molecular weight excluding hydrogens is 282 g/mol. The first-order valence-corrected chi connectivity index (χ1v) is 6.80. The van der Waals surface area contributed by atoms with Crippen molar-refractivity contribution in [2.75, 3.05) is 19.8 Å². The van der Waals surface area contributed by atoms with Crippen LogP contribution in [0.1, 0.15) is 27.7 Å². The van der Waals surface area contributed by atoms with Crippen LogP contribution in [0.3, 0.4) is 0 Å². The fourth-order valence-electron chi connectivity index (χ4n) is 3.55. The molecule has 1 saturated heterocycles. The standard InChI is InChI=1S/C12H25N3O6/c1-11(2)9(5-13-17)8(6-16)10(7-21-15(19)20)12(3,4)14(11)18/h8-10,16,18-20H,5-7H2,1-4H3. The van der Waals surface area contributed by atoms with Gasteiger partial charge in [-0.3, -0.25) is 15.3 Å². The first-order valence-electron chi connectivity index (χ1n) is 6.80. The van der Waals surface area contributed by atoms with E-state index >= 15 is 0 Å². The van der Waals surface area contributed by atoms with Crippen molar-refractivity contribution in [2.45, 2.75) is 38.8 Å². The third kappa shape index (κ3) is 3.39. The molecule has 0 spiro atoms. The average Bonchev–Trinajstić information content (AvgIpc) is 2.38. The summed E-state index contributed by atoms with van der Waals surface area (Å²) in [6.45, 7) is 6.62. The predicted molar refractivity (Wildman–Crippen MR) is 71.4 cm³/mol. The molecule has 0 aromatic rings. The number of rotatable bonds is 6. The quantitative estimate of drug-likeness (QED) is 0.420. The maximum atomic E-state index is 10.7. The summed E-state index contributed by atoms with van der Waals surface area (Å²) in [5.74, 6) is -1.25. The molecule has 0 aromatic carbocycles. The minimum Gasteiger partial charge on any atom is -0.396 e. The van der Waals surface area contributed by atoms with Gasteiger partial charge in [-0.25, -0.2) is 0 Å². The smallest absolute Gasteiger partial charge is 0.0861 e. The van der Waals surface area contributed by atoms with Crippen molar-refractivity contribution in [3.05, 3.63) is 4.91 Å². The van der Waals surface area contributed by atoms with E-state index in [1.807, 2.05) is 0 Å². The van der Waals surface area contributed by atoms with Gasteiger partial charge in [-0.15, -0.1) is 0 Å². The monoisotopic (exact) mass is 307 g/mol. The number of hydrogen-bond acceptors (Lipinski definition) is 9. The Bertz CT molecular complexity index is 363. The van der Waals surface area contributed by atoms with E-state index in [1.54, 1.807) is 27.7 Å². The molecule has 0 amide bonds. The highest BCUT2D eigenvalue weighted by molar-refractivity contribution is 5.06. The summed E-state index contributed by atoms with van der Waals surface area (Å²) in [6.07, 6.45) is 0. The summed E-state index contributed by atoms with van der Waals surface area (Å²) in [6, 6.07) is 0. The number of aliphatic hydroxyl groups is 1. The van der Waals surface area contributed by atoms with Gasteiger partial charge in [0.2, 0.25) is 0 Å². The number of piperidine rings is 1. The highest BCUT2D eigenvalue weighted by Crippen LogP contribution is 2.47. The van der Waals surface area contributed by atoms with E-state index in [0.717, 1.165) is 5.06 Å². The lowest BCUT2D eigenvalue weighted by molar-refractivity contribution is -0.498. The molecule has 21 heavy (non-hydrogen) atoms. The van der Waals surface area contributed by atoms with E-state index in [0.29, 0.717) is 0 Å². The number of nitrogens with zero attached hydrogens (tertiary/aromatic N) is 3. The van der Waals surface area contributed by atoms with Crippen molar-refractivity contribution in [3.8, 4) is 0 Å². The van der Waals surface area contributed by atoms with Crippen molar-refractivity contribution < 1.29 is 25.6 Å². The third-order valence-corrected chi connectivity index (χ3v) is 4.79. The largest absolute Gasteiger partial charge is 0.396 e. The van der Waals surface area contributed by atoms with Crippen LogP contribution in [0, 0.1) is 22.7 Å². The highest BCUT2D eigenvalue weighted by Gasteiger charge is 2.57. The molecule has 3 unspecified atom stereocenters. The number of hydroxylamine groups is 2. The van der Waals surface area contributed by atoms with Gasteiger partial charge in [-0.05, 0) is 33.6 Å². The molecule has 3 atom stereocenters. The van der Waals surface area contributed by atoms with E-state index in [1.165, 1.54) is 0 Å². The zero-order chi connectivity index (χ0) is 16.4. The summed E-state index contributed by atoms with van der Waals surface area (Å²) in [4.78, 5) is 15.4. The molecule has 1 aliphatic rings. The second kappa shape index (κ2) is 6.61. The Morgan fingerprint density at radius 2 is 1.71 bits per heavy atom. The second-order valence-electron chi connectivity index (χ2n) is 6.54. The highest BCUT2D eigenvalue weighted by atomic mass is 17.1. The van der Waals surface area contributed by atoms with Gasteiger partial charge >= 0.3 is 0 Å². The van der Waals surface area contributed by atoms with Gasteiger partial charge < -0.3 is 10.3 Å². The van der Waals surface area contributed by atoms with Crippen molar-refractivity contribution >= 4 is 0 Å². The zero-order valence-electron chi connectivity index (χ0n) is 12.8. The lowest BCUT2D eigenvalue weighted by Crippen LogP contribution is -2.69. The lowest BCUT2D eigenvalue weighted by Gasteiger charge is -2.59. The minimum atomic E-state index is -0.813. The Morgan fingerprint density at radius 3 is 2.14 bits per heavy atom. The van der Waals surface area contributed by atoms with Gasteiger partial charge in [0, 0.05) is 29.5 Å². The van der Waals surface area contributed by atoms with Crippen LogP contribution in [0.2, 0.25) is 0 Å². The Labute approximate surface area is 123 Å². The van der Waals surface area contributed by atoms with Crippen LogP contribution in [0.15, 0.2) is 5.18 Å². The molecule has 0 aromatic heterocycles. The predicted octanol–water partition coefficient (Wildman–Crippen LogP) is 0.868. The molecule has 9 nitrogen and oxygen atoms in total. The van der Waals surface area contributed by atoms with Crippen LogP contribution >= 0.6 is 0 Å². The topological polar surface area (TPSA) is 126 Å². The van der Waals surface area contributed by atoms with Gasteiger partial charge in [0.15, 0.2) is 0 Å². The molecule has 9 heteroatoms. The summed E-state index contributed by atoms with van der Waals surface area (Å²) in [7, 11) is 0. The third-order valence-electron chi connectivity index (χ3n) is 4.79. The summed E-state index contributed by atoms with van der Waals surface area (Å²) in [5, 5.41) is 41.3. The number of aliphatic hydroxyl groups excluding tert-OH is 1. The van der Waals surface area contributed by atoms with Crippen LogP contribution in [0.5, 0.6) is 0 Å². The van der Waals surface area contributed by atoms with Crippen LogP contribution < -0.4 is 0 Å². The van der Waals surface area contributed by atoms with E-state index in [9.17, 15) is 15.2 Å². The Kier molecular flexibility index (Phi) is 5.78. The fraction of sp³-hybridized carbons (Fsp3) is 1.00. The molecule has 0 bridgehead atoms.